The number of rotatable bonds is 5. The predicted molar refractivity (Wildman–Crippen MR) is 76.2 cm³/mol. The average molecular weight is 300 g/mol. The van der Waals surface area contributed by atoms with E-state index in [1.165, 1.54) is 12.1 Å². The van der Waals surface area contributed by atoms with Crippen LogP contribution in [0.25, 0.3) is 16.2 Å². The Kier molecular flexibility index (Phi) is 6.16. The summed E-state index contributed by atoms with van der Waals surface area (Å²) in [6, 6.07) is 8.01. The number of carbonyl (C=O) groups is 2. The molecule has 0 heterocycles. The number of hydrogen-bond acceptors (Lipinski definition) is 6. The normalized spacial score (nSPS) is 10.6. The lowest BCUT2D eigenvalue weighted by Gasteiger charge is -2.13. The van der Waals surface area contributed by atoms with Crippen LogP contribution in [-0.4, -0.2) is 19.0 Å². The highest BCUT2D eigenvalue weighted by atomic mass is 16.5. The topological polar surface area (TPSA) is 125 Å². The number of benzene rings is 1. The third-order valence-corrected chi connectivity index (χ3v) is 2.51. The van der Waals surface area contributed by atoms with Crippen molar-refractivity contribution in [2.24, 2.45) is 5.11 Å². The predicted octanol–water partition coefficient (Wildman–Crippen LogP) is 2.99. The molecule has 0 amide bonds. The van der Waals surface area contributed by atoms with Gasteiger partial charge >= 0.3 is 11.9 Å². The zero-order chi connectivity index (χ0) is 16.5. The van der Waals surface area contributed by atoms with Gasteiger partial charge in [-0.15, -0.1) is 0 Å². The number of ether oxygens (including phenoxy) is 2. The first kappa shape index (κ1) is 16.8. The smallest absolute Gasteiger partial charge is 0.338 e. The summed E-state index contributed by atoms with van der Waals surface area (Å²) in [6.07, 6.45) is -0.333. The van der Waals surface area contributed by atoms with Crippen molar-refractivity contribution in [1.82, 2.24) is 0 Å². The second kappa shape index (κ2) is 8.09. The van der Waals surface area contributed by atoms with Crippen molar-refractivity contribution in [3.63, 3.8) is 0 Å². The summed E-state index contributed by atoms with van der Waals surface area (Å²) in [6.45, 7) is 1.15. The Bertz CT molecular complexity index is 712. The summed E-state index contributed by atoms with van der Waals surface area (Å²) in [5.41, 5.74) is 8.82. The second-order valence-corrected chi connectivity index (χ2v) is 3.93. The van der Waals surface area contributed by atoms with E-state index < -0.39 is 11.9 Å². The fraction of sp³-hybridized carbons (Fsp3) is 0.214. The average Bonchev–Trinajstić information content (AvgIpc) is 2.51. The molecule has 0 saturated heterocycles. The van der Waals surface area contributed by atoms with Gasteiger partial charge in [-0.05, 0) is 5.53 Å². The van der Waals surface area contributed by atoms with Gasteiger partial charge in [0.15, 0.2) is 0 Å². The number of methoxy groups -OCH3 is 1. The van der Waals surface area contributed by atoms with Crippen LogP contribution in [0.15, 0.2) is 35.0 Å². The van der Waals surface area contributed by atoms with Crippen LogP contribution in [0.5, 0.6) is 0 Å². The largest absolute Gasteiger partial charge is 0.466 e. The van der Waals surface area contributed by atoms with Gasteiger partial charge < -0.3 is 9.47 Å². The highest BCUT2D eigenvalue weighted by Gasteiger charge is 2.22. The molecule has 0 radical (unpaired) electrons. The van der Waals surface area contributed by atoms with Gasteiger partial charge in [0.1, 0.15) is 5.76 Å². The highest BCUT2D eigenvalue weighted by molar-refractivity contribution is 5.99. The van der Waals surface area contributed by atoms with E-state index >= 15 is 0 Å². The number of carbonyl (C=O) groups excluding carboxylic acids is 2. The Morgan fingerprint density at radius 1 is 1.41 bits per heavy atom. The van der Waals surface area contributed by atoms with Gasteiger partial charge in [-0.25, -0.2) is 4.79 Å². The van der Waals surface area contributed by atoms with Crippen LogP contribution in [0.2, 0.25) is 0 Å². The zero-order valence-corrected chi connectivity index (χ0v) is 11.9. The number of nitrogens with zero attached hydrogens (tertiary/aromatic N) is 4. The molecule has 0 N–H and O–H groups in total. The first-order chi connectivity index (χ1) is 10.5. The quantitative estimate of drug-likeness (QED) is 0.206. The van der Waals surface area contributed by atoms with Crippen molar-refractivity contribution >= 4 is 23.4 Å². The van der Waals surface area contributed by atoms with Gasteiger partial charge in [-0.1, -0.05) is 29.4 Å². The van der Waals surface area contributed by atoms with Crippen LogP contribution < -0.4 is 0 Å². The van der Waals surface area contributed by atoms with Gasteiger partial charge in [0, 0.05) is 23.1 Å². The van der Waals surface area contributed by atoms with E-state index in [1.807, 2.05) is 0 Å². The lowest BCUT2D eigenvalue weighted by Crippen LogP contribution is -2.11. The van der Waals surface area contributed by atoms with Crippen LogP contribution in [0, 0.1) is 11.3 Å². The Morgan fingerprint density at radius 3 is 2.64 bits per heavy atom. The van der Waals surface area contributed by atoms with E-state index in [4.69, 9.17) is 15.5 Å². The third-order valence-electron chi connectivity index (χ3n) is 2.51. The molecule has 0 fully saturated rings. The number of azide groups is 1. The maximum atomic E-state index is 11.8. The molecule has 22 heavy (non-hydrogen) atoms. The van der Waals surface area contributed by atoms with Gasteiger partial charge in [0.2, 0.25) is 0 Å². The summed E-state index contributed by atoms with van der Waals surface area (Å²) in [4.78, 5) is 25.8. The standard InChI is InChI=1S/C14H12N4O4/c1-9(19)22-13(11(7-8-15)14(20)21-2)10-5-3-4-6-12(10)17-18-16/h3-6H,7H2,1-2H3/b13-11-. The highest BCUT2D eigenvalue weighted by Crippen LogP contribution is 2.31. The SMILES string of the molecule is COC(=O)/C(CC#N)=C(\OC(C)=O)c1ccccc1N=[N+]=[N-]. The van der Waals surface area contributed by atoms with Crippen LogP contribution in [0.1, 0.15) is 18.9 Å². The lowest BCUT2D eigenvalue weighted by molar-refractivity contribution is -0.136. The minimum atomic E-state index is -0.812. The van der Waals surface area contributed by atoms with Crippen LogP contribution >= 0.6 is 0 Å². The molecule has 8 nitrogen and oxygen atoms in total. The Balaban J connectivity index is 3.65. The number of hydrogen-bond donors (Lipinski definition) is 0. The van der Waals surface area contributed by atoms with Crippen molar-refractivity contribution in [3.05, 3.63) is 45.8 Å². The summed E-state index contributed by atoms with van der Waals surface area (Å²) in [5, 5.41) is 12.4. The van der Waals surface area contributed by atoms with Crippen molar-refractivity contribution < 1.29 is 19.1 Å². The fourth-order valence-corrected chi connectivity index (χ4v) is 1.67. The first-order valence-electron chi connectivity index (χ1n) is 6.06. The maximum absolute atomic E-state index is 11.8. The monoisotopic (exact) mass is 300 g/mol. The zero-order valence-electron chi connectivity index (χ0n) is 11.9. The molecule has 1 aromatic carbocycles. The first-order valence-corrected chi connectivity index (χ1v) is 6.06. The lowest BCUT2D eigenvalue weighted by atomic mass is 10.0. The minimum Gasteiger partial charge on any atom is -0.466 e. The Hall–Kier alpha value is -3.30. The van der Waals surface area contributed by atoms with Crippen LogP contribution in [-0.2, 0) is 19.1 Å². The maximum Gasteiger partial charge on any atom is 0.338 e. The van der Waals surface area contributed by atoms with E-state index in [-0.39, 0.29) is 29.0 Å². The summed E-state index contributed by atoms with van der Waals surface area (Å²) in [5.74, 6) is -1.66. The van der Waals surface area contributed by atoms with E-state index in [2.05, 4.69) is 14.8 Å². The summed E-state index contributed by atoms with van der Waals surface area (Å²) >= 11 is 0. The van der Waals surface area contributed by atoms with Crippen molar-refractivity contribution in [1.29, 1.82) is 5.26 Å². The molecule has 0 atom stereocenters. The molecule has 0 aliphatic heterocycles. The molecule has 0 bridgehead atoms. The summed E-state index contributed by atoms with van der Waals surface area (Å²) in [7, 11) is 1.14. The van der Waals surface area contributed by atoms with Crippen LogP contribution in [0.4, 0.5) is 5.69 Å². The second-order valence-electron chi connectivity index (χ2n) is 3.93. The molecule has 0 aromatic heterocycles. The van der Waals surface area contributed by atoms with E-state index in [0.717, 1.165) is 14.0 Å². The molecule has 0 aliphatic rings. The number of esters is 2. The Labute approximate surface area is 126 Å². The van der Waals surface area contributed by atoms with Crippen molar-refractivity contribution in [2.75, 3.05) is 7.11 Å². The molecule has 0 unspecified atom stereocenters. The van der Waals surface area contributed by atoms with E-state index in [0.29, 0.717) is 0 Å². The summed E-state index contributed by atoms with van der Waals surface area (Å²) < 4.78 is 9.67. The van der Waals surface area contributed by atoms with Gasteiger partial charge in [-0.3, -0.25) is 4.79 Å². The fourth-order valence-electron chi connectivity index (χ4n) is 1.67. The van der Waals surface area contributed by atoms with Gasteiger partial charge in [-0.2, -0.15) is 5.26 Å². The molecule has 8 heteroatoms. The molecular formula is C14H12N4O4. The minimum absolute atomic E-state index is 0.138. The van der Waals surface area contributed by atoms with Crippen molar-refractivity contribution in [2.45, 2.75) is 13.3 Å². The van der Waals surface area contributed by atoms with E-state index in [1.54, 1.807) is 18.2 Å². The molecule has 0 saturated carbocycles. The molecule has 112 valence electrons. The van der Waals surface area contributed by atoms with Gasteiger partial charge in [0.25, 0.3) is 0 Å². The third kappa shape index (κ3) is 4.10. The molecule has 1 aromatic rings. The number of nitriles is 1. The molecule has 0 spiro atoms. The molecule has 0 aliphatic carbocycles. The Morgan fingerprint density at radius 2 is 2.09 bits per heavy atom. The van der Waals surface area contributed by atoms with E-state index in [9.17, 15) is 9.59 Å². The van der Waals surface area contributed by atoms with Gasteiger partial charge in [0.05, 0.1) is 25.2 Å². The van der Waals surface area contributed by atoms with Crippen LogP contribution in [0.3, 0.4) is 0 Å². The molecular weight excluding hydrogens is 288 g/mol. The van der Waals surface area contributed by atoms with Crippen molar-refractivity contribution in [3.8, 4) is 6.07 Å². The molecule has 1 rings (SSSR count).